The Morgan fingerprint density at radius 2 is 1.83 bits per heavy atom. The van der Waals surface area contributed by atoms with Crippen molar-refractivity contribution in [1.29, 1.82) is 0 Å². The lowest BCUT2D eigenvalue weighted by molar-refractivity contribution is -0.137. The Morgan fingerprint density at radius 1 is 1.06 bits per heavy atom. The summed E-state index contributed by atoms with van der Waals surface area (Å²) < 4.78 is 66.3. The largest absolute Gasteiger partial charge is 0.416 e. The van der Waals surface area contributed by atoms with E-state index in [1.54, 1.807) is 12.4 Å². The van der Waals surface area contributed by atoms with Gasteiger partial charge < -0.3 is 15.2 Å². The molecule has 0 unspecified atom stereocenters. The number of likely N-dealkylation sites (tertiary alicyclic amines) is 1. The van der Waals surface area contributed by atoms with E-state index in [4.69, 9.17) is 0 Å². The molecule has 2 fully saturated rings. The maximum atomic E-state index is 13.5. The standard InChI is InChI=1S/C22H23F5N8/c23-21(24)11-35(12-21)20-31-17(14-2-5-34(6-3-14)10-16-9-28-13-30-16)8-19(33-20)32-18-7-15(1-4-29-18)22(25,26)27/h1,4,7-9,13-14H,2-3,5-6,10-12H2,(H,28,30)(H,29,31,32,33). The van der Waals surface area contributed by atoms with Gasteiger partial charge in [0.05, 0.1) is 36.4 Å². The van der Waals surface area contributed by atoms with Gasteiger partial charge in [-0.05, 0) is 38.1 Å². The summed E-state index contributed by atoms with van der Waals surface area (Å²) in [5.41, 5.74) is 0.766. The molecule has 2 saturated heterocycles. The maximum absolute atomic E-state index is 13.5. The predicted molar refractivity (Wildman–Crippen MR) is 118 cm³/mol. The summed E-state index contributed by atoms with van der Waals surface area (Å²) >= 11 is 0. The number of imidazole rings is 1. The first-order valence-electron chi connectivity index (χ1n) is 11.2. The number of anilines is 3. The Bertz CT molecular complexity index is 1150. The molecule has 186 valence electrons. The summed E-state index contributed by atoms with van der Waals surface area (Å²) in [7, 11) is 0. The molecule has 0 aliphatic carbocycles. The van der Waals surface area contributed by atoms with Crippen molar-refractivity contribution in [3.63, 3.8) is 0 Å². The monoisotopic (exact) mass is 494 g/mol. The van der Waals surface area contributed by atoms with Crippen LogP contribution < -0.4 is 10.2 Å². The molecular formula is C22H23F5N8. The Hall–Kier alpha value is -3.35. The SMILES string of the molecule is FC1(F)CN(c2nc(Nc3cc(C(F)(F)F)ccn3)cc(C3CCN(Cc4c[nH]cn4)CC3)n2)C1. The van der Waals surface area contributed by atoms with E-state index in [9.17, 15) is 22.0 Å². The number of nitrogens with zero attached hydrogens (tertiary/aromatic N) is 6. The van der Waals surface area contributed by atoms with Gasteiger partial charge in [-0.25, -0.2) is 23.7 Å². The summed E-state index contributed by atoms with van der Waals surface area (Å²) in [5, 5.41) is 2.80. The Balaban J connectivity index is 1.35. The molecule has 5 heterocycles. The average Bonchev–Trinajstić information content (AvgIpc) is 3.30. The number of aromatic amines is 1. The highest BCUT2D eigenvalue weighted by atomic mass is 19.4. The van der Waals surface area contributed by atoms with Gasteiger partial charge in [-0.15, -0.1) is 0 Å². The number of hydrogen-bond donors (Lipinski definition) is 2. The molecule has 0 spiro atoms. The normalized spacial score (nSPS) is 18.9. The lowest BCUT2D eigenvalue weighted by Crippen LogP contribution is -2.57. The van der Waals surface area contributed by atoms with Crippen molar-refractivity contribution < 1.29 is 22.0 Å². The fourth-order valence-electron chi connectivity index (χ4n) is 4.32. The van der Waals surface area contributed by atoms with Crippen molar-refractivity contribution in [3.05, 3.63) is 53.9 Å². The van der Waals surface area contributed by atoms with Crippen LogP contribution in [0.5, 0.6) is 0 Å². The van der Waals surface area contributed by atoms with Crippen molar-refractivity contribution in [1.82, 2.24) is 29.8 Å². The van der Waals surface area contributed by atoms with E-state index in [0.717, 1.165) is 56.5 Å². The zero-order chi connectivity index (χ0) is 24.6. The van der Waals surface area contributed by atoms with Crippen LogP contribution in [0.25, 0.3) is 0 Å². The van der Waals surface area contributed by atoms with Crippen LogP contribution >= 0.6 is 0 Å². The zero-order valence-electron chi connectivity index (χ0n) is 18.6. The summed E-state index contributed by atoms with van der Waals surface area (Å²) in [4.78, 5) is 23.6. The smallest absolute Gasteiger partial charge is 0.351 e. The zero-order valence-corrected chi connectivity index (χ0v) is 18.6. The third-order valence-electron chi connectivity index (χ3n) is 6.15. The van der Waals surface area contributed by atoms with Gasteiger partial charge in [0.25, 0.3) is 5.92 Å². The van der Waals surface area contributed by atoms with Crippen LogP contribution in [0.3, 0.4) is 0 Å². The van der Waals surface area contributed by atoms with Gasteiger partial charge in [-0.3, -0.25) is 4.90 Å². The number of aromatic nitrogens is 5. The van der Waals surface area contributed by atoms with E-state index in [1.807, 2.05) is 6.20 Å². The molecule has 0 saturated carbocycles. The van der Waals surface area contributed by atoms with E-state index < -0.39 is 30.8 Å². The molecule has 0 bridgehead atoms. The first-order chi connectivity index (χ1) is 16.6. The first-order valence-corrected chi connectivity index (χ1v) is 11.2. The quantitative estimate of drug-likeness (QED) is 0.497. The third kappa shape index (κ3) is 5.50. The fourth-order valence-corrected chi connectivity index (χ4v) is 4.32. The summed E-state index contributed by atoms with van der Waals surface area (Å²) in [6.45, 7) is 1.33. The Kier molecular flexibility index (Phi) is 6.03. The van der Waals surface area contributed by atoms with E-state index in [2.05, 4.69) is 35.1 Å². The molecule has 0 radical (unpaired) electrons. The number of H-pyrrole nitrogens is 1. The number of rotatable bonds is 6. The summed E-state index contributed by atoms with van der Waals surface area (Å²) in [5.74, 6) is -2.46. The molecular weight excluding hydrogens is 471 g/mol. The van der Waals surface area contributed by atoms with Crippen molar-refractivity contribution >= 4 is 17.6 Å². The number of alkyl halides is 5. The Labute approximate surface area is 197 Å². The number of hydrogen-bond acceptors (Lipinski definition) is 7. The molecule has 3 aromatic heterocycles. The molecule has 3 aromatic rings. The predicted octanol–water partition coefficient (Wildman–Crippen LogP) is 4.19. The van der Waals surface area contributed by atoms with E-state index in [1.165, 1.54) is 4.90 Å². The summed E-state index contributed by atoms with van der Waals surface area (Å²) in [6.07, 6.45) is 1.60. The minimum Gasteiger partial charge on any atom is -0.351 e. The van der Waals surface area contributed by atoms with Gasteiger partial charge in [0.1, 0.15) is 11.6 Å². The van der Waals surface area contributed by atoms with Crippen LogP contribution in [0.2, 0.25) is 0 Å². The molecule has 2 aliphatic rings. The highest BCUT2D eigenvalue weighted by Crippen LogP contribution is 2.35. The van der Waals surface area contributed by atoms with Crippen LogP contribution in [-0.4, -0.2) is 61.9 Å². The van der Waals surface area contributed by atoms with Crippen LogP contribution in [0.15, 0.2) is 36.9 Å². The number of nitrogens with one attached hydrogen (secondary N) is 2. The van der Waals surface area contributed by atoms with Gasteiger partial charge in [-0.2, -0.15) is 18.2 Å². The number of pyridine rings is 1. The van der Waals surface area contributed by atoms with Crippen molar-refractivity contribution in [2.45, 2.75) is 37.4 Å². The maximum Gasteiger partial charge on any atom is 0.416 e. The van der Waals surface area contributed by atoms with Crippen molar-refractivity contribution in [2.24, 2.45) is 0 Å². The molecule has 8 nitrogen and oxygen atoms in total. The minimum absolute atomic E-state index is 0.0433. The lowest BCUT2D eigenvalue weighted by atomic mass is 9.93. The van der Waals surface area contributed by atoms with E-state index in [-0.39, 0.29) is 23.5 Å². The molecule has 13 heteroatoms. The highest BCUT2D eigenvalue weighted by Gasteiger charge is 2.45. The molecule has 0 aromatic carbocycles. The number of halogens is 5. The minimum atomic E-state index is -4.52. The molecule has 2 aliphatic heterocycles. The molecule has 5 rings (SSSR count). The van der Waals surface area contributed by atoms with Crippen LogP contribution in [0.4, 0.5) is 39.5 Å². The molecule has 2 N–H and O–H groups in total. The van der Waals surface area contributed by atoms with Gasteiger partial charge in [0.2, 0.25) is 5.95 Å². The van der Waals surface area contributed by atoms with Gasteiger partial charge in [-0.1, -0.05) is 0 Å². The highest BCUT2D eigenvalue weighted by molar-refractivity contribution is 5.56. The van der Waals surface area contributed by atoms with E-state index in [0.29, 0.717) is 5.69 Å². The fraction of sp³-hybridized carbons (Fsp3) is 0.455. The summed E-state index contributed by atoms with van der Waals surface area (Å²) in [6, 6.07) is 3.42. The molecule has 0 amide bonds. The van der Waals surface area contributed by atoms with Gasteiger partial charge >= 0.3 is 6.18 Å². The van der Waals surface area contributed by atoms with Crippen LogP contribution in [0.1, 0.15) is 35.7 Å². The van der Waals surface area contributed by atoms with Gasteiger partial charge in [0.15, 0.2) is 0 Å². The van der Waals surface area contributed by atoms with Crippen LogP contribution in [0, 0.1) is 0 Å². The van der Waals surface area contributed by atoms with Crippen molar-refractivity contribution in [3.8, 4) is 0 Å². The lowest BCUT2D eigenvalue weighted by Gasteiger charge is -2.39. The Morgan fingerprint density at radius 3 is 2.49 bits per heavy atom. The average molecular weight is 494 g/mol. The van der Waals surface area contributed by atoms with Crippen molar-refractivity contribution in [2.75, 3.05) is 36.4 Å². The van der Waals surface area contributed by atoms with E-state index >= 15 is 0 Å². The van der Waals surface area contributed by atoms with Crippen LogP contribution in [-0.2, 0) is 12.7 Å². The van der Waals surface area contributed by atoms with Gasteiger partial charge in [0, 0.05) is 30.9 Å². The molecule has 35 heavy (non-hydrogen) atoms. The second-order valence-corrected chi connectivity index (χ2v) is 8.85. The third-order valence-corrected chi connectivity index (χ3v) is 6.15. The second-order valence-electron chi connectivity index (χ2n) is 8.85. The second kappa shape index (κ2) is 9.02. The first kappa shape index (κ1) is 23.4. The number of piperidine rings is 1. The topological polar surface area (TPSA) is 85.9 Å². The molecule has 0 atom stereocenters.